The average molecular weight is 106 g/mol. The van der Waals surface area contributed by atoms with E-state index >= 15 is 0 Å². The van der Waals surface area contributed by atoms with Crippen molar-refractivity contribution in [3.63, 3.8) is 0 Å². The second kappa shape index (κ2) is 9.33. The summed E-state index contributed by atoms with van der Waals surface area (Å²) in [6.45, 7) is 5.70. The molecule has 0 unspecified atom stereocenters. The van der Waals surface area contributed by atoms with E-state index in [-0.39, 0.29) is 0 Å². The molecular formula is C5H14O2. The zero-order chi connectivity index (χ0) is 6.28. The van der Waals surface area contributed by atoms with Crippen LogP contribution >= 0.6 is 0 Å². The minimum atomic E-state index is -1.12. The van der Waals surface area contributed by atoms with Gasteiger partial charge in [0, 0.05) is 0 Å². The third-order valence-corrected chi connectivity index (χ3v) is 0.365. The minimum absolute atomic E-state index is 0.417. The van der Waals surface area contributed by atoms with Crippen molar-refractivity contribution in [3.8, 4) is 0 Å². The summed E-state index contributed by atoms with van der Waals surface area (Å²) in [5, 5.41) is 15.8. The molecule has 0 aromatic heterocycles. The van der Waals surface area contributed by atoms with Gasteiger partial charge in [0.05, 0.1) is 0 Å². The van der Waals surface area contributed by atoms with Crippen molar-refractivity contribution in [3.05, 3.63) is 0 Å². The van der Waals surface area contributed by atoms with Crippen LogP contribution in [0, 0.1) is 0 Å². The second-order valence-electron chi connectivity index (χ2n) is 0.889. The molecule has 0 aliphatic carbocycles. The predicted molar refractivity (Wildman–Crippen MR) is 29.9 cm³/mol. The predicted octanol–water partition coefficient (Wildman–Crippen LogP) is 0.733. The first-order valence-corrected chi connectivity index (χ1v) is 2.63. The molecule has 7 heavy (non-hydrogen) atoms. The molecule has 0 amide bonds. The number of hydrogen-bond donors (Lipinski definition) is 2. The Morgan fingerprint density at radius 1 is 1.29 bits per heavy atom. The zero-order valence-corrected chi connectivity index (χ0v) is 5.18. The van der Waals surface area contributed by atoms with Crippen LogP contribution in [0.5, 0.6) is 0 Å². The first kappa shape index (κ1) is 10.0. The molecule has 0 fully saturated rings. The normalized spacial score (nSPS) is 7.71. The number of hydrogen-bond acceptors (Lipinski definition) is 2. The summed E-state index contributed by atoms with van der Waals surface area (Å²) < 4.78 is 0. The summed E-state index contributed by atoms with van der Waals surface area (Å²) in [7, 11) is 0. The fourth-order valence-corrected chi connectivity index (χ4v) is 0. The van der Waals surface area contributed by atoms with Crippen LogP contribution in [0.15, 0.2) is 0 Å². The average Bonchev–Trinajstić information content (AvgIpc) is 1.73. The SMILES string of the molecule is CC.CCC(O)O. The number of aliphatic hydroxyl groups is 2. The lowest BCUT2D eigenvalue weighted by molar-refractivity contribution is -0.0413. The Morgan fingerprint density at radius 2 is 1.43 bits per heavy atom. The van der Waals surface area contributed by atoms with Gasteiger partial charge in [0.1, 0.15) is 0 Å². The van der Waals surface area contributed by atoms with E-state index < -0.39 is 6.29 Å². The lowest BCUT2D eigenvalue weighted by Crippen LogP contribution is -1.99. The fourth-order valence-electron chi connectivity index (χ4n) is 0. The molecule has 0 saturated heterocycles. The van der Waals surface area contributed by atoms with Crippen molar-refractivity contribution in [2.45, 2.75) is 33.5 Å². The van der Waals surface area contributed by atoms with Gasteiger partial charge in [0.25, 0.3) is 0 Å². The molecule has 2 N–H and O–H groups in total. The van der Waals surface area contributed by atoms with E-state index in [2.05, 4.69) is 0 Å². The van der Waals surface area contributed by atoms with Gasteiger partial charge in [-0.05, 0) is 6.42 Å². The van der Waals surface area contributed by atoms with E-state index in [4.69, 9.17) is 10.2 Å². The highest BCUT2D eigenvalue weighted by molar-refractivity contribution is 4.21. The smallest absolute Gasteiger partial charge is 0.151 e. The highest BCUT2D eigenvalue weighted by Gasteiger charge is 1.83. The van der Waals surface area contributed by atoms with Crippen LogP contribution in [-0.2, 0) is 0 Å². The van der Waals surface area contributed by atoms with Crippen molar-refractivity contribution in [2.75, 3.05) is 0 Å². The molecule has 0 spiro atoms. The van der Waals surface area contributed by atoms with Crippen molar-refractivity contribution < 1.29 is 10.2 Å². The van der Waals surface area contributed by atoms with Crippen LogP contribution in [0.1, 0.15) is 27.2 Å². The summed E-state index contributed by atoms with van der Waals surface area (Å²) >= 11 is 0. The molecular weight excluding hydrogens is 92.1 g/mol. The van der Waals surface area contributed by atoms with Gasteiger partial charge < -0.3 is 10.2 Å². The van der Waals surface area contributed by atoms with Crippen molar-refractivity contribution in [1.82, 2.24) is 0 Å². The summed E-state index contributed by atoms with van der Waals surface area (Å²) in [6.07, 6.45) is -0.699. The van der Waals surface area contributed by atoms with Crippen LogP contribution in [0.2, 0.25) is 0 Å². The third-order valence-electron chi connectivity index (χ3n) is 0.365. The number of rotatable bonds is 1. The maximum Gasteiger partial charge on any atom is 0.151 e. The maximum atomic E-state index is 7.92. The Balaban J connectivity index is 0. The largest absolute Gasteiger partial charge is 0.368 e. The summed E-state index contributed by atoms with van der Waals surface area (Å²) in [5.74, 6) is 0. The molecule has 0 radical (unpaired) electrons. The molecule has 0 rings (SSSR count). The van der Waals surface area contributed by atoms with Gasteiger partial charge >= 0.3 is 0 Å². The molecule has 0 atom stereocenters. The molecule has 0 aromatic carbocycles. The van der Waals surface area contributed by atoms with Crippen LogP contribution < -0.4 is 0 Å². The van der Waals surface area contributed by atoms with Gasteiger partial charge in [-0.25, -0.2) is 0 Å². The van der Waals surface area contributed by atoms with Crippen molar-refractivity contribution in [2.24, 2.45) is 0 Å². The quantitative estimate of drug-likeness (QED) is 0.484. The first-order valence-electron chi connectivity index (χ1n) is 2.63. The van der Waals surface area contributed by atoms with Crippen molar-refractivity contribution >= 4 is 0 Å². The standard InChI is InChI=1S/C3H8O2.C2H6/c1-2-3(4)5;1-2/h3-5H,2H2,1H3;1-2H3. The lowest BCUT2D eigenvalue weighted by Gasteiger charge is -1.90. The van der Waals surface area contributed by atoms with E-state index in [0.717, 1.165) is 0 Å². The van der Waals surface area contributed by atoms with Crippen LogP contribution in [0.4, 0.5) is 0 Å². The molecule has 2 nitrogen and oxygen atoms in total. The lowest BCUT2D eigenvalue weighted by atomic mass is 10.5. The van der Waals surface area contributed by atoms with Crippen LogP contribution in [-0.4, -0.2) is 16.5 Å². The Bertz CT molecular complexity index is 20.0. The van der Waals surface area contributed by atoms with Gasteiger partial charge in [-0.1, -0.05) is 20.8 Å². The molecule has 0 aliphatic heterocycles. The molecule has 0 heterocycles. The molecule has 0 aliphatic rings. The Morgan fingerprint density at radius 3 is 1.43 bits per heavy atom. The highest BCUT2D eigenvalue weighted by atomic mass is 16.5. The van der Waals surface area contributed by atoms with E-state index in [0.29, 0.717) is 6.42 Å². The fraction of sp³-hybridized carbons (Fsp3) is 1.00. The van der Waals surface area contributed by atoms with Crippen LogP contribution in [0.25, 0.3) is 0 Å². The monoisotopic (exact) mass is 106 g/mol. The second-order valence-corrected chi connectivity index (χ2v) is 0.889. The third kappa shape index (κ3) is 24.7. The molecule has 0 saturated carbocycles. The maximum absolute atomic E-state index is 7.92. The van der Waals surface area contributed by atoms with Gasteiger partial charge in [0.2, 0.25) is 0 Å². The van der Waals surface area contributed by atoms with Gasteiger partial charge in [0.15, 0.2) is 6.29 Å². The molecule has 0 aromatic rings. The van der Waals surface area contributed by atoms with Crippen molar-refractivity contribution in [1.29, 1.82) is 0 Å². The Labute approximate surface area is 44.8 Å². The molecule has 2 heteroatoms. The summed E-state index contributed by atoms with van der Waals surface area (Å²) in [5.41, 5.74) is 0. The highest BCUT2D eigenvalue weighted by Crippen LogP contribution is 1.77. The summed E-state index contributed by atoms with van der Waals surface area (Å²) in [6, 6.07) is 0. The molecule has 46 valence electrons. The van der Waals surface area contributed by atoms with Gasteiger partial charge in [-0.2, -0.15) is 0 Å². The van der Waals surface area contributed by atoms with E-state index in [1.807, 2.05) is 13.8 Å². The zero-order valence-electron chi connectivity index (χ0n) is 5.18. The summed E-state index contributed by atoms with van der Waals surface area (Å²) in [4.78, 5) is 0. The van der Waals surface area contributed by atoms with Gasteiger partial charge in [-0.3, -0.25) is 0 Å². The van der Waals surface area contributed by atoms with E-state index in [9.17, 15) is 0 Å². The number of aliphatic hydroxyl groups excluding tert-OH is 1. The topological polar surface area (TPSA) is 40.5 Å². The van der Waals surface area contributed by atoms with Crippen LogP contribution in [0.3, 0.4) is 0 Å². The Kier molecular flexibility index (Phi) is 13.3. The molecule has 0 bridgehead atoms. The first-order chi connectivity index (χ1) is 3.27. The minimum Gasteiger partial charge on any atom is -0.368 e. The van der Waals surface area contributed by atoms with Gasteiger partial charge in [-0.15, -0.1) is 0 Å². The van der Waals surface area contributed by atoms with E-state index in [1.165, 1.54) is 0 Å². The Hall–Kier alpha value is -0.0800. The van der Waals surface area contributed by atoms with E-state index in [1.54, 1.807) is 6.92 Å².